The largest absolute Gasteiger partial charge is 0.478 e. The zero-order chi connectivity index (χ0) is 13.0. The molecule has 0 heterocycles. The Bertz CT molecular complexity index is 569. The molecule has 4 heteroatoms. The number of hydrogen-bond donors (Lipinski definition) is 2. The molecule has 2 N–H and O–H groups in total. The predicted molar refractivity (Wildman–Crippen MR) is 74.9 cm³/mol. The van der Waals surface area contributed by atoms with Gasteiger partial charge >= 0.3 is 5.97 Å². The van der Waals surface area contributed by atoms with Crippen LogP contribution in [0, 0.1) is 0 Å². The van der Waals surface area contributed by atoms with Gasteiger partial charge in [0, 0.05) is 16.7 Å². The lowest BCUT2D eigenvalue weighted by atomic mass is 10.2. The van der Waals surface area contributed by atoms with Gasteiger partial charge < -0.3 is 10.4 Å². The van der Waals surface area contributed by atoms with Gasteiger partial charge in [-0.25, -0.2) is 4.79 Å². The van der Waals surface area contributed by atoms with Crippen molar-refractivity contribution in [2.24, 2.45) is 0 Å². The van der Waals surface area contributed by atoms with Gasteiger partial charge in [-0.3, -0.25) is 0 Å². The monoisotopic (exact) mass is 305 g/mol. The zero-order valence-electron chi connectivity index (χ0n) is 9.56. The number of aromatic carboxylic acids is 1. The summed E-state index contributed by atoms with van der Waals surface area (Å²) in [6.07, 6.45) is 0. The maximum atomic E-state index is 10.8. The van der Waals surface area contributed by atoms with E-state index >= 15 is 0 Å². The second-order valence-corrected chi connectivity index (χ2v) is 4.79. The van der Waals surface area contributed by atoms with Gasteiger partial charge in [0.1, 0.15) is 0 Å². The number of hydrogen-bond acceptors (Lipinski definition) is 2. The number of nitrogens with one attached hydrogen (secondary N) is 1. The highest BCUT2D eigenvalue weighted by atomic mass is 79.9. The first-order chi connectivity index (χ1) is 8.65. The molecule has 0 aliphatic carbocycles. The van der Waals surface area contributed by atoms with Crippen LogP contribution < -0.4 is 5.32 Å². The maximum absolute atomic E-state index is 10.8. The van der Waals surface area contributed by atoms with Crippen molar-refractivity contribution >= 4 is 27.6 Å². The molecule has 92 valence electrons. The highest BCUT2D eigenvalue weighted by molar-refractivity contribution is 9.10. The molecule has 2 aromatic carbocycles. The SMILES string of the molecule is O=C(O)c1cccc(NCc2cccc(Br)c2)c1. The van der Waals surface area contributed by atoms with E-state index in [1.807, 2.05) is 30.3 Å². The van der Waals surface area contributed by atoms with Gasteiger partial charge in [-0.2, -0.15) is 0 Å². The maximum Gasteiger partial charge on any atom is 0.335 e. The van der Waals surface area contributed by atoms with Crippen molar-refractivity contribution in [3.05, 3.63) is 64.1 Å². The first kappa shape index (κ1) is 12.6. The lowest BCUT2D eigenvalue weighted by molar-refractivity contribution is 0.0697. The molecule has 0 aliphatic heterocycles. The summed E-state index contributed by atoms with van der Waals surface area (Å²) < 4.78 is 1.03. The van der Waals surface area contributed by atoms with Crippen LogP contribution in [0.1, 0.15) is 15.9 Å². The standard InChI is InChI=1S/C14H12BrNO2/c15-12-5-1-3-10(7-12)9-16-13-6-2-4-11(8-13)14(17)18/h1-8,16H,9H2,(H,17,18). The van der Waals surface area contributed by atoms with E-state index in [1.165, 1.54) is 0 Å². The van der Waals surface area contributed by atoms with Crippen molar-refractivity contribution in [2.75, 3.05) is 5.32 Å². The van der Waals surface area contributed by atoms with Gasteiger partial charge in [-0.15, -0.1) is 0 Å². The first-order valence-corrected chi connectivity index (χ1v) is 6.26. The fraction of sp³-hybridized carbons (Fsp3) is 0.0714. The molecule has 0 fully saturated rings. The molecule has 0 aromatic heterocycles. The molecular formula is C14H12BrNO2. The third-order valence-electron chi connectivity index (χ3n) is 2.50. The molecular weight excluding hydrogens is 294 g/mol. The van der Waals surface area contributed by atoms with Crippen LogP contribution in [0.25, 0.3) is 0 Å². The van der Waals surface area contributed by atoms with E-state index in [4.69, 9.17) is 5.11 Å². The normalized spacial score (nSPS) is 10.1. The number of benzene rings is 2. The summed E-state index contributed by atoms with van der Waals surface area (Å²) >= 11 is 3.41. The van der Waals surface area contributed by atoms with Crippen molar-refractivity contribution in [3.8, 4) is 0 Å². The van der Waals surface area contributed by atoms with E-state index in [0.717, 1.165) is 15.7 Å². The van der Waals surface area contributed by atoms with Crippen LogP contribution in [0.4, 0.5) is 5.69 Å². The van der Waals surface area contributed by atoms with E-state index in [-0.39, 0.29) is 5.56 Å². The highest BCUT2D eigenvalue weighted by Crippen LogP contribution is 2.15. The zero-order valence-corrected chi connectivity index (χ0v) is 11.1. The molecule has 0 saturated carbocycles. The number of rotatable bonds is 4. The smallest absolute Gasteiger partial charge is 0.335 e. The molecule has 18 heavy (non-hydrogen) atoms. The Labute approximate surface area is 114 Å². The molecule has 0 bridgehead atoms. The molecule has 0 atom stereocenters. The molecule has 0 saturated heterocycles. The fourth-order valence-electron chi connectivity index (χ4n) is 1.61. The molecule has 0 aliphatic rings. The predicted octanol–water partition coefficient (Wildman–Crippen LogP) is 3.76. The van der Waals surface area contributed by atoms with Crippen molar-refractivity contribution in [1.82, 2.24) is 0 Å². The van der Waals surface area contributed by atoms with Crippen LogP contribution in [0.2, 0.25) is 0 Å². The van der Waals surface area contributed by atoms with Gasteiger partial charge in [0.05, 0.1) is 5.56 Å². The molecule has 3 nitrogen and oxygen atoms in total. The summed E-state index contributed by atoms with van der Waals surface area (Å²) in [7, 11) is 0. The Morgan fingerprint density at radius 1 is 1.17 bits per heavy atom. The molecule has 2 rings (SSSR count). The summed E-state index contributed by atoms with van der Waals surface area (Å²) in [6.45, 7) is 0.655. The quantitative estimate of drug-likeness (QED) is 0.904. The van der Waals surface area contributed by atoms with Gasteiger partial charge in [0.15, 0.2) is 0 Å². The van der Waals surface area contributed by atoms with E-state index in [2.05, 4.69) is 21.2 Å². The second kappa shape index (κ2) is 5.69. The third-order valence-corrected chi connectivity index (χ3v) is 2.99. The van der Waals surface area contributed by atoms with E-state index in [0.29, 0.717) is 6.54 Å². The van der Waals surface area contributed by atoms with Crippen molar-refractivity contribution in [1.29, 1.82) is 0 Å². The summed E-state index contributed by atoms with van der Waals surface area (Å²) in [5, 5.41) is 12.1. The fourth-order valence-corrected chi connectivity index (χ4v) is 2.06. The van der Waals surface area contributed by atoms with Crippen LogP contribution in [0.3, 0.4) is 0 Å². The summed E-state index contributed by atoms with van der Waals surface area (Å²) in [4.78, 5) is 10.8. The Morgan fingerprint density at radius 2 is 1.94 bits per heavy atom. The van der Waals surface area contributed by atoms with E-state index in [1.54, 1.807) is 18.2 Å². The summed E-state index contributed by atoms with van der Waals surface area (Å²) in [6, 6.07) is 14.8. The molecule has 0 amide bonds. The highest BCUT2D eigenvalue weighted by Gasteiger charge is 2.02. The van der Waals surface area contributed by atoms with E-state index < -0.39 is 5.97 Å². The Hall–Kier alpha value is -1.81. The van der Waals surface area contributed by atoms with Crippen LogP contribution in [0.15, 0.2) is 53.0 Å². The number of carboxylic acid groups (broad SMARTS) is 1. The Balaban J connectivity index is 2.06. The van der Waals surface area contributed by atoms with Crippen LogP contribution in [0.5, 0.6) is 0 Å². The van der Waals surface area contributed by atoms with Gasteiger partial charge in [0.25, 0.3) is 0 Å². The van der Waals surface area contributed by atoms with Gasteiger partial charge in [0.2, 0.25) is 0 Å². The van der Waals surface area contributed by atoms with E-state index in [9.17, 15) is 4.79 Å². The lowest BCUT2D eigenvalue weighted by Gasteiger charge is -2.07. The molecule has 2 aromatic rings. The minimum Gasteiger partial charge on any atom is -0.478 e. The van der Waals surface area contributed by atoms with Gasteiger partial charge in [-0.1, -0.05) is 34.1 Å². The average Bonchev–Trinajstić information content (AvgIpc) is 2.37. The number of carbonyl (C=O) groups is 1. The number of anilines is 1. The molecule has 0 radical (unpaired) electrons. The second-order valence-electron chi connectivity index (χ2n) is 3.87. The van der Waals surface area contributed by atoms with Crippen molar-refractivity contribution < 1.29 is 9.90 Å². The minimum absolute atomic E-state index is 0.286. The topological polar surface area (TPSA) is 49.3 Å². The Morgan fingerprint density at radius 3 is 2.67 bits per heavy atom. The third kappa shape index (κ3) is 3.34. The van der Waals surface area contributed by atoms with Crippen molar-refractivity contribution in [2.45, 2.75) is 6.54 Å². The number of carboxylic acids is 1. The summed E-state index contributed by atoms with van der Waals surface area (Å²) in [5.41, 5.74) is 2.22. The van der Waals surface area contributed by atoms with Crippen LogP contribution in [-0.4, -0.2) is 11.1 Å². The minimum atomic E-state index is -0.916. The first-order valence-electron chi connectivity index (χ1n) is 5.47. The lowest BCUT2D eigenvalue weighted by Crippen LogP contribution is -2.01. The van der Waals surface area contributed by atoms with Gasteiger partial charge in [-0.05, 0) is 35.9 Å². The number of halogens is 1. The molecule has 0 unspecified atom stereocenters. The Kier molecular flexibility index (Phi) is 3.99. The molecule has 0 spiro atoms. The van der Waals surface area contributed by atoms with Crippen LogP contribution in [-0.2, 0) is 6.54 Å². The summed E-state index contributed by atoms with van der Waals surface area (Å²) in [5.74, 6) is -0.916. The average molecular weight is 306 g/mol. The van der Waals surface area contributed by atoms with Crippen molar-refractivity contribution in [3.63, 3.8) is 0 Å². The van der Waals surface area contributed by atoms with Crippen LogP contribution >= 0.6 is 15.9 Å².